The molecule has 1 unspecified atom stereocenters. The van der Waals surface area contributed by atoms with Gasteiger partial charge in [-0.25, -0.2) is 9.97 Å². The van der Waals surface area contributed by atoms with Crippen LogP contribution in [-0.4, -0.2) is 48.1 Å². The van der Waals surface area contributed by atoms with Crippen LogP contribution >= 0.6 is 0 Å². The van der Waals surface area contributed by atoms with Crippen LogP contribution in [0.3, 0.4) is 0 Å². The highest BCUT2D eigenvalue weighted by molar-refractivity contribution is 5.57. The molecule has 1 rings (SSSR count). The number of aromatic nitrogens is 2. The topological polar surface area (TPSA) is 53.1 Å². The van der Waals surface area contributed by atoms with Crippen molar-refractivity contribution in [3.63, 3.8) is 0 Å². The standard InChI is InChI=1S/C15H29N5/c1-8-16-14-11(4)15(18-12(5)17-14)19-13(10(2)3)9-20(6)7/h10,13H,8-9H2,1-7H3,(H2,16,17,18,19). The van der Waals surface area contributed by atoms with Crippen LogP contribution in [0, 0.1) is 19.8 Å². The van der Waals surface area contributed by atoms with Crippen LogP contribution < -0.4 is 10.6 Å². The highest BCUT2D eigenvalue weighted by atomic mass is 15.1. The molecule has 0 fully saturated rings. The largest absolute Gasteiger partial charge is 0.370 e. The summed E-state index contributed by atoms with van der Waals surface area (Å²) in [5, 5.41) is 6.88. The van der Waals surface area contributed by atoms with Crippen LogP contribution in [-0.2, 0) is 0 Å². The van der Waals surface area contributed by atoms with Crippen LogP contribution in [0.15, 0.2) is 0 Å². The molecule has 0 saturated heterocycles. The van der Waals surface area contributed by atoms with E-state index in [1.54, 1.807) is 0 Å². The van der Waals surface area contributed by atoms with Gasteiger partial charge in [0.1, 0.15) is 17.5 Å². The van der Waals surface area contributed by atoms with Crippen molar-refractivity contribution in [2.75, 3.05) is 37.8 Å². The SMILES string of the molecule is CCNc1nc(C)nc(NC(CN(C)C)C(C)C)c1C. The van der Waals surface area contributed by atoms with Crippen molar-refractivity contribution in [3.8, 4) is 0 Å². The van der Waals surface area contributed by atoms with E-state index in [2.05, 4.69) is 67.3 Å². The second kappa shape index (κ2) is 7.43. The lowest BCUT2D eigenvalue weighted by Gasteiger charge is -2.27. The van der Waals surface area contributed by atoms with E-state index in [1.807, 2.05) is 6.92 Å². The molecule has 0 aliphatic carbocycles. The highest BCUT2D eigenvalue weighted by Gasteiger charge is 2.17. The number of nitrogens with zero attached hydrogens (tertiary/aromatic N) is 3. The maximum atomic E-state index is 4.56. The summed E-state index contributed by atoms with van der Waals surface area (Å²) in [6.45, 7) is 12.4. The number of hydrogen-bond donors (Lipinski definition) is 2. The summed E-state index contributed by atoms with van der Waals surface area (Å²) in [6, 6.07) is 0.368. The van der Waals surface area contributed by atoms with E-state index in [1.165, 1.54) is 0 Å². The van der Waals surface area contributed by atoms with E-state index in [-0.39, 0.29) is 0 Å². The van der Waals surface area contributed by atoms with Gasteiger partial charge in [0.15, 0.2) is 0 Å². The fourth-order valence-corrected chi connectivity index (χ4v) is 2.10. The van der Waals surface area contributed by atoms with Crippen molar-refractivity contribution in [1.82, 2.24) is 14.9 Å². The summed E-state index contributed by atoms with van der Waals surface area (Å²) in [5.74, 6) is 3.19. The Morgan fingerprint density at radius 1 is 1.10 bits per heavy atom. The first-order chi connectivity index (χ1) is 9.35. The first-order valence-electron chi connectivity index (χ1n) is 7.35. The zero-order chi connectivity index (χ0) is 15.3. The Labute approximate surface area is 123 Å². The van der Waals surface area contributed by atoms with Crippen LogP contribution in [0.25, 0.3) is 0 Å². The minimum atomic E-state index is 0.368. The number of anilines is 2. The van der Waals surface area contributed by atoms with Crippen LogP contribution in [0.5, 0.6) is 0 Å². The minimum absolute atomic E-state index is 0.368. The number of likely N-dealkylation sites (N-methyl/N-ethyl adjacent to an activating group) is 1. The molecule has 5 nitrogen and oxygen atoms in total. The summed E-state index contributed by atoms with van der Waals surface area (Å²) in [4.78, 5) is 11.2. The van der Waals surface area contributed by atoms with Gasteiger partial charge < -0.3 is 15.5 Å². The molecule has 0 saturated carbocycles. The van der Waals surface area contributed by atoms with E-state index in [9.17, 15) is 0 Å². The molecule has 0 aliphatic rings. The Bertz CT molecular complexity index is 429. The molecular weight excluding hydrogens is 250 g/mol. The van der Waals surface area contributed by atoms with Gasteiger partial charge >= 0.3 is 0 Å². The van der Waals surface area contributed by atoms with Crippen molar-refractivity contribution < 1.29 is 0 Å². The van der Waals surface area contributed by atoms with Crippen molar-refractivity contribution in [2.24, 2.45) is 5.92 Å². The van der Waals surface area contributed by atoms with E-state index in [0.717, 1.165) is 36.1 Å². The number of aryl methyl sites for hydroxylation is 1. The predicted octanol–water partition coefficient (Wildman–Crippen LogP) is 2.52. The summed E-state index contributed by atoms with van der Waals surface area (Å²) in [6.07, 6.45) is 0. The third kappa shape index (κ3) is 4.63. The molecule has 0 amide bonds. The minimum Gasteiger partial charge on any atom is -0.370 e. The van der Waals surface area contributed by atoms with Gasteiger partial charge in [-0.1, -0.05) is 13.8 Å². The van der Waals surface area contributed by atoms with E-state index in [0.29, 0.717) is 12.0 Å². The average molecular weight is 279 g/mol. The van der Waals surface area contributed by atoms with Gasteiger partial charge in [-0.15, -0.1) is 0 Å². The third-order valence-electron chi connectivity index (χ3n) is 3.29. The lowest BCUT2D eigenvalue weighted by molar-refractivity contribution is 0.344. The Morgan fingerprint density at radius 3 is 2.20 bits per heavy atom. The molecule has 20 heavy (non-hydrogen) atoms. The van der Waals surface area contributed by atoms with Gasteiger partial charge in [0.2, 0.25) is 0 Å². The smallest absolute Gasteiger partial charge is 0.135 e. The molecule has 1 aromatic rings. The monoisotopic (exact) mass is 279 g/mol. The Hall–Kier alpha value is -1.36. The fourth-order valence-electron chi connectivity index (χ4n) is 2.10. The van der Waals surface area contributed by atoms with Gasteiger partial charge in [0.25, 0.3) is 0 Å². The molecular formula is C15H29N5. The van der Waals surface area contributed by atoms with Gasteiger partial charge in [0, 0.05) is 24.7 Å². The predicted molar refractivity (Wildman–Crippen MR) is 86.5 cm³/mol. The maximum Gasteiger partial charge on any atom is 0.135 e. The van der Waals surface area contributed by atoms with E-state index >= 15 is 0 Å². The van der Waals surface area contributed by atoms with Crippen molar-refractivity contribution >= 4 is 11.6 Å². The first kappa shape index (κ1) is 16.7. The highest BCUT2D eigenvalue weighted by Crippen LogP contribution is 2.21. The fraction of sp³-hybridized carbons (Fsp3) is 0.733. The summed E-state index contributed by atoms with van der Waals surface area (Å²) in [7, 11) is 4.19. The second-order valence-corrected chi connectivity index (χ2v) is 5.88. The molecule has 5 heteroatoms. The molecule has 2 N–H and O–H groups in total. The van der Waals surface area contributed by atoms with Crippen molar-refractivity contribution in [1.29, 1.82) is 0 Å². The van der Waals surface area contributed by atoms with Crippen LogP contribution in [0.1, 0.15) is 32.2 Å². The molecule has 114 valence electrons. The van der Waals surface area contributed by atoms with Crippen molar-refractivity contribution in [3.05, 3.63) is 11.4 Å². The lowest BCUT2D eigenvalue weighted by Crippen LogP contribution is -2.37. The average Bonchev–Trinajstić information content (AvgIpc) is 2.33. The summed E-state index contributed by atoms with van der Waals surface area (Å²) < 4.78 is 0. The molecule has 1 heterocycles. The molecule has 0 aromatic carbocycles. The molecule has 1 atom stereocenters. The number of rotatable bonds is 7. The Morgan fingerprint density at radius 2 is 1.70 bits per heavy atom. The van der Waals surface area contributed by atoms with Crippen LogP contribution in [0.2, 0.25) is 0 Å². The maximum absolute atomic E-state index is 4.56. The summed E-state index contributed by atoms with van der Waals surface area (Å²) >= 11 is 0. The molecule has 1 aromatic heterocycles. The Balaban J connectivity index is 2.99. The molecule has 0 aliphatic heterocycles. The second-order valence-electron chi connectivity index (χ2n) is 5.88. The molecule has 0 radical (unpaired) electrons. The van der Waals surface area contributed by atoms with Crippen molar-refractivity contribution in [2.45, 2.75) is 40.7 Å². The molecule has 0 spiro atoms. The van der Waals surface area contributed by atoms with Gasteiger partial charge in [-0.3, -0.25) is 0 Å². The Kier molecular flexibility index (Phi) is 6.20. The zero-order valence-electron chi connectivity index (χ0n) is 13.9. The third-order valence-corrected chi connectivity index (χ3v) is 3.29. The van der Waals surface area contributed by atoms with Gasteiger partial charge in [0.05, 0.1) is 0 Å². The van der Waals surface area contributed by atoms with E-state index < -0.39 is 0 Å². The number of nitrogens with one attached hydrogen (secondary N) is 2. The quantitative estimate of drug-likeness (QED) is 0.803. The number of hydrogen-bond acceptors (Lipinski definition) is 5. The normalized spacial score (nSPS) is 12.8. The van der Waals surface area contributed by atoms with E-state index in [4.69, 9.17) is 0 Å². The van der Waals surface area contributed by atoms with Gasteiger partial charge in [-0.05, 0) is 40.8 Å². The molecule has 0 bridgehead atoms. The lowest BCUT2D eigenvalue weighted by atomic mass is 10.0. The zero-order valence-corrected chi connectivity index (χ0v) is 13.9. The first-order valence-corrected chi connectivity index (χ1v) is 7.35. The summed E-state index contributed by atoms with van der Waals surface area (Å²) in [5.41, 5.74) is 1.09. The van der Waals surface area contributed by atoms with Crippen LogP contribution in [0.4, 0.5) is 11.6 Å². The van der Waals surface area contributed by atoms with Gasteiger partial charge in [-0.2, -0.15) is 0 Å².